The summed E-state index contributed by atoms with van der Waals surface area (Å²) < 4.78 is 0. The number of anilines is 1. The van der Waals surface area contributed by atoms with Crippen molar-refractivity contribution in [2.75, 3.05) is 18.9 Å². The highest BCUT2D eigenvalue weighted by Crippen LogP contribution is 2.37. The first kappa shape index (κ1) is 14.1. The number of aromatic nitrogens is 2. The minimum absolute atomic E-state index is 0.505. The Morgan fingerprint density at radius 2 is 1.80 bits per heavy atom. The van der Waals surface area contributed by atoms with E-state index in [9.17, 15) is 0 Å². The van der Waals surface area contributed by atoms with Crippen LogP contribution >= 0.6 is 11.6 Å². The Bertz CT molecular complexity index is 491. The predicted octanol–water partition coefficient (Wildman–Crippen LogP) is 3.03. The zero-order valence-electron chi connectivity index (χ0n) is 12.5. The molecule has 2 fully saturated rings. The van der Waals surface area contributed by atoms with Gasteiger partial charge in [-0.05, 0) is 63.6 Å². The summed E-state index contributed by atoms with van der Waals surface area (Å²) in [4.78, 5) is 2.58. The van der Waals surface area contributed by atoms with Gasteiger partial charge in [0.2, 0.25) is 0 Å². The van der Waals surface area contributed by atoms with E-state index in [4.69, 9.17) is 11.6 Å². The second kappa shape index (κ2) is 5.49. The second-order valence-corrected chi connectivity index (χ2v) is 6.72. The number of hydrogen-bond acceptors (Lipinski definition) is 4. The summed E-state index contributed by atoms with van der Waals surface area (Å²) in [5, 5.41) is 12.2. The topological polar surface area (TPSA) is 41.1 Å². The van der Waals surface area contributed by atoms with Crippen LogP contribution < -0.4 is 5.32 Å². The van der Waals surface area contributed by atoms with Crippen molar-refractivity contribution in [2.45, 2.75) is 51.6 Å². The summed E-state index contributed by atoms with van der Waals surface area (Å²) in [6, 6.07) is 1.58. The van der Waals surface area contributed by atoms with Gasteiger partial charge in [-0.1, -0.05) is 11.6 Å². The first-order chi connectivity index (χ1) is 9.56. The molecular weight excluding hydrogens is 272 g/mol. The summed E-state index contributed by atoms with van der Waals surface area (Å²) in [6.07, 6.45) is 5.35. The predicted molar refractivity (Wildman–Crippen MR) is 82.3 cm³/mol. The molecule has 0 spiro atoms. The molecule has 3 heterocycles. The number of nitrogens with one attached hydrogen (secondary N) is 1. The van der Waals surface area contributed by atoms with E-state index in [1.807, 2.05) is 6.92 Å². The summed E-state index contributed by atoms with van der Waals surface area (Å²) in [7, 11) is 2.28. The van der Waals surface area contributed by atoms with Gasteiger partial charge >= 0.3 is 0 Å². The van der Waals surface area contributed by atoms with Crippen LogP contribution in [0, 0.1) is 19.8 Å². The molecule has 2 aliphatic heterocycles. The van der Waals surface area contributed by atoms with Crippen LogP contribution in [0.4, 0.5) is 5.82 Å². The Morgan fingerprint density at radius 1 is 1.15 bits per heavy atom. The van der Waals surface area contributed by atoms with Gasteiger partial charge in [-0.3, -0.25) is 0 Å². The Labute approximate surface area is 125 Å². The number of hydrogen-bond donors (Lipinski definition) is 1. The van der Waals surface area contributed by atoms with Gasteiger partial charge in [0.15, 0.2) is 11.0 Å². The lowest BCUT2D eigenvalue weighted by molar-refractivity contribution is 0.139. The molecule has 0 saturated carbocycles. The number of rotatable bonds is 3. The lowest BCUT2D eigenvalue weighted by atomic mass is 9.91. The van der Waals surface area contributed by atoms with Crippen LogP contribution in [-0.2, 0) is 0 Å². The maximum absolute atomic E-state index is 5.99. The Balaban J connectivity index is 1.62. The third kappa shape index (κ3) is 2.51. The summed E-state index contributed by atoms with van der Waals surface area (Å²) >= 11 is 5.99. The van der Waals surface area contributed by atoms with E-state index in [1.54, 1.807) is 0 Å². The molecule has 1 aromatic rings. The average molecular weight is 295 g/mol. The standard InChI is InChI=1S/C15H23ClN4/c1-9-10(2)15(19-18-14(9)16)17-8-11-6-12-4-5-13(7-11)20(12)3/h11-13H,4-8H2,1-3H3,(H,17,19). The second-order valence-electron chi connectivity index (χ2n) is 6.36. The lowest BCUT2D eigenvalue weighted by Gasteiger charge is -2.36. The molecule has 2 atom stereocenters. The largest absolute Gasteiger partial charge is 0.368 e. The van der Waals surface area contributed by atoms with E-state index in [0.29, 0.717) is 5.15 Å². The van der Waals surface area contributed by atoms with E-state index >= 15 is 0 Å². The molecule has 2 aliphatic rings. The van der Waals surface area contributed by atoms with Crippen LogP contribution in [0.15, 0.2) is 0 Å². The van der Waals surface area contributed by atoms with Crippen molar-refractivity contribution in [3.63, 3.8) is 0 Å². The molecule has 2 unspecified atom stereocenters. The average Bonchev–Trinajstić information content (AvgIpc) is 2.66. The monoisotopic (exact) mass is 294 g/mol. The van der Waals surface area contributed by atoms with Gasteiger partial charge in [0.1, 0.15) is 0 Å². The fourth-order valence-corrected chi connectivity index (χ4v) is 3.86. The molecule has 2 bridgehead atoms. The summed E-state index contributed by atoms with van der Waals surface area (Å²) in [6.45, 7) is 5.04. The summed E-state index contributed by atoms with van der Waals surface area (Å²) in [5.41, 5.74) is 2.13. The molecule has 2 saturated heterocycles. The number of halogens is 1. The van der Waals surface area contributed by atoms with Crippen LogP contribution in [-0.4, -0.2) is 40.8 Å². The van der Waals surface area contributed by atoms with Crippen molar-refractivity contribution in [2.24, 2.45) is 5.92 Å². The number of piperidine rings is 1. The van der Waals surface area contributed by atoms with Crippen LogP contribution in [0.25, 0.3) is 0 Å². The van der Waals surface area contributed by atoms with Crippen LogP contribution in [0.3, 0.4) is 0 Å². The van der Waals surface area contributed by atoms with E-state index in [2.05, 4.69) is 34.4 Å². The zero-order chi connectivity index (χ0) is 14.3. The maximum atomic E-state index is 5.99. The Morgan fingerprint density at radius 3 is 2.45 bits per heavy atom. The van der Waals surface area contributed by atoms with Crippen LogP contribution in [0.5, 0.6) is 0 Å². The third-order valence-electron chi connectivity index (χ3n) is 5.22. The van der Waals surface area contributed by atoms with Gasteiger partial charge in [-0.2, -0.15) is 0 Å². The molecule has 3 rings (SSSR count). The zero-order valence-corrected chi connectivity index (χ0v) is 13.2. The molecule has 0 aliphatic carbocycles. The molecule has 1 N–H and O–H groups in total. The van der Waals surface area contributed by atoms with E-state index in [-0.39, 0.29) is 0 Å². The van der Waals surface area contributed by atoms with Crippen molar-refractivity contribution in [3.05, 3.63) is 16.3 Å². The SMILES string of the molecule is Cc1c(Cl)nnc(NCC2CC3CCC(C2)N3C)c1C. The smallest absolute Gasteiger partial charge is 0.155 e. The van der Waals surface area contributed by atoms with E-state index in [1.165, 1.54) is 25.7 Å². The lowest BCUT2D eigenvalue weighted by Crippen LogP contribution is -2.41. The molecule has 0 aromatic carbocycles. The van der Waals surface area contributed by atoms with Crippen molar-refractivity contribution in [1.29, 1.82) is 0 Å². The van der Waals surface area contributed by atoms with Gasteiger partial charge in [0, 0.05) is 18.6 Å². The molecule has 0 radical (unpaired) electrons. The maximum Gasteiger partial charge on any atom is 0.155 e. The molecule has 20 heavy (non-hydrogen) atoms. The van der Waals surface area contributed by atoms with E-state index in [0.717, 1.165) is 41.5 Å². The normalized spacial score (nSPS) is 29.7. The van der Waals surface area contributed by atoms with Gasteiger partial charge in [0.25, 0.3) is 0 Å². The molecule has 110 valence electrons. The Hall–Kier alpha value is -0.870. The minimum atomic E-state index is 0.505. The van der Waals surface area contributed by atoms with Crippen LogP contribution in [0.1, 0.15) is 36.8 Å². The highest BCUT2D eigenvalue weighted by atomic mass is 35.5. The molecule has 1 aromatic heterocycles. The minimum Gasteiger partial charge on any atom is -0.368 e. The van der Waals surface area contributed by atoms with Gasteiger partial charge in [-0.25, -0.2) is 0 Å². The molecule has 4 nitrogen and oxygen atoms in total. The quantitative estimate of drug-likeness (QED) is 0.930. The fraction of sp³-hybridized carbons (Fsp3) is 0.733. The third-order valence-corrected chi connectivity index (χ3v) is 5.58. The summed E-state index contributed by atoms with van der Waals surface area (Å²) in [5.74, 6) is 1.64. The van der Waals surface area contributed by atoms with Gasteiger partial charge < -0.3 is 10.2 Å². The Kier molecular flexibility index (Phi) is 3.87. The van der Waals surface area contributed by atoms with Crippen molar-refractivity contribution in [3.8, 4) is 0 Å². The van der Waals surface area contributed by atoms with Crippen molar-refractivity contribution < 1.29 is 0 Å². The van der Waals surface area contributed by atoms with Crippen molar-refractivity contribution >= 4 is 17.4 Å². The van der Waals surface area contributed by atoms with E-state index < -0.39 is 0 Å². The number of nitrogens with zero attached hydrogens (tertiary/aromatic N) is 3. The fourth-order valence-electron chi connectivity index (χ4n) is 3.68. The first-order valence-corrected chi connectivity index (χ1v) is 7.89. The van der Waals surface area contributed by atoms with Gasteiger partial charge in [-0.15, -0.1) is 10.2 Å². The van der Waals surface area contributed by atoms with Gasteiger partial charge in [0.05, 0.1) is 0 Å². The number of fused-ring (bicyclic) bond motifs is 2. The highest BCUT2D eigenvalue weighted by molar-refractivity contribution is 6.30. The highest BCUT2D eigenvalue weighted by Gasteiger charge is 2.38. The molecule has 0 amide bonds. The first-order valence-electron chi connectivity index (χ1n) is 7.51. The van der Waals surface area contributed by atoms with Crippen LogP contribution in [0.2, 0.25) is 5.15 Å². The molecular formula is C15H23ClN4. The van der Waals surface area contributed by atoms with Crippen molar-refractivity contribution in [1.82, 2.24) is 15.1 Å². The molecule has 5 heteroatoms.